The summed E-state index contributed by atoms with van der Waals surface area (Å²) in [6.45, 7) is 0. The van der Waals surface area contributed by atoms with Gasteiger partial charge in [0.2, 0.25) is 16.3 Å². The molecule has 0 radical (unpaired) electrons. The van der Waals surface area contributed by atoms with Crippen LogP contribution in [-0.2, 0) is 15.7 Å². The number of aryl methyl sites for hydroxylation is 1. The van der Waals surface area contributed by atoms with Crippen LogP contribution in [0.1, 0.15) is 11.4 Å². The van der Waals surface area contributed by atoms with E-state index in [1.165, 1.54) is 7.05 Å². The van der Waals surface area contributed by atoms with Crippen LogP contribution >= 0.6 is 116 Å². The van der Waals surface area contributed by atoms with E-state index in [0.717, 1.165) is 4.68 Å². The summed E-state index contributed by atoms with van der Waals surface area (Å²) >= 11 is 58.5. The minimum atomic E-state index is -2.17. The molecule has 1 rings (SSSR count). The minimum Gasteiger partial charge on any atom is -0.249 e. The third kappa shape index (κ3) is 3.58. The van der Waals surface area contributed by atoms with Crippen LogP contribution in [0.4, 0.5) is 0 Å². The van der Waals surface area contributed by atoms with Crippen molar-refractivity contribution in [1.82, 2.24) is 15.0 Å². The normalized spacial score (nSPS) is 14.8. The highest BCUT2D eigenvalue weighted by Crippen LogP contribution is 2.58. The minimum absolute atomic E-state index is 0.128. The lowest BCUT2D eigenvalue weighted by Gasteiger charge is -2.32. The van der Waals surface area contributed by atoms with E-state index in [2.05, 4.69) is 10.3 Å². The monoisotopic (exact) mass is 479 g/mol. The number of hydrogen-bond donors (Lipinski definition) is 0. The molecule has 20 heavy (non-hydrogen) atoms. The molecule has 3 nitrogen and oxygen atoms in total. The van der Waals surface area contributed by atoms with Gasteiger partial charge in [-0.15, -0.1) is 5.10 Å². The molecule has 0 unspecified atom stereocenters. The standard InChI is InChI=1S/C7H3Cl10N3/c1-20-3(5(10,11)7(15,16)17)2(18-19-20)4(8,9)6(12,13)14/h1H3. The van der Waals surface area contributed by atoms with Gasteiger partial charge in [-0.05, 0) is 0 Å². The maximum Gasteiger partial charge on any atom is 0.228 e. The average molecular weight is 484 g/mol. The molecule has 13 heteroatoms. The smallest absolute Gasteiger partial charge is 0.228 e. The predicted octanol–water partition coefficient (Wildman–Crippen LogP) is 5.82. The first-order valence-corrected chi connectivity index (χ1v) is 8.21. The van der Waals surface area contributed by atoms with Gasteiger partial charge < -0.3 is 0 Å². The second-order valence-electron chi connectivity index (χ2n) is 3.55. The zero-order valence-electron chi connectivity index (χ0n) is 9.12. The molecule has 0 aliphatic rings. The van der Waals surface area contributed by atoms with E-state index in [1.54, 1.807) is 0 Å². The second-order valence-corrected chi connectivity index (χ2v) is 10.8. The molecule has 0 bridgehead atoms. The Morgan fingerprint density at radius 3 is 1.50 bits per heavy atom. The van der Waals surface area contributed by atoms with Crippen molar-refractivity contribution in [3.8, 4) is 0 Å². The molecule has 1 heterocycles. The van der Waals surface area contributed by atoms with Gasteiger partial charge in [0.15, 0.2) is 0 Å². The maximum atomic E-state index is 6.07. The van der Waals surface area contributed by atoms with E-state index in [0.29, 0.717) is 0 Å². The molecule has 0 atom stereocenters. The average Bonchev–Trinajstić information content (AvgIpc) is 2.57. The van der Waals surface area contributed by atoms with Crippen molar-refractivity contribution >= 4 is 116 Å². The topological polar surface area (TPSA) is 30.7 Å². The Kier molecular flexibility index (Phi) is 6.19. The van der Waals surface area contributed by atoms with E-state index in [1.807, 2.05) is 0 Å². The number of hydrogen-bond acceptors (Lipinski definition) is 2. The number of alkyl halides is 10. The van der Waals surface area contributed by atoms with Gasteiger partial charge in [-0.2, -0.15) is 0 Å². The molecule has 0 spiro atoms. The van der Waals surface area contributed by atoms with Gasteiger partial charge in [-0.25, -0.2) is 4.68 Å². The molecule has 0 saturated heterocycles. The van der Waals surface area contributed by atoms with Gasteiger partial charge >= 0.3 is 0 Å². The van der Waals surface area contributed by atoms with Gasteiger partial charge in [-0.3, -0.25) is 0 Å². The summed E-state index contributed by atoms with van der Waals surface area (Å²) in [4.78, 5) is 0. The number of rotatable bonds is 2. The lowest BCUT2D eigenvalue weighted by molar-refractivity contribution is 0.649. The molecule has 0 aromatic carbocycles. The Morgan fingerprint density at radius 1 is 0.750 bits per heavy atom. The quantitative estimate of drug-likeness (QED) is 0.497. The number of nitrogens with zero attached hydrogens (tertiary/aromatic N) is 3. The van der Waals surface area contributed by atoms with Crippen LogP contribution in [-0.4, -0.2) is 22.6 Å². The highest BCUT2D eigenvalue weighted by molar-refractivity contribution is 6.76. The summed E-state index contributed by atoms with van der Waals surface area (Å²) in [5.41, 5.74) is -0.378. The zero-order valence-corrected chi connectivity index (χ0v) is 16.7. The molecule has 1 aromatic heterocycles. The van der Waals surface area contributed by atoms with Gasteiger partial charge in [0.05, 0.1) is 0 Å². The van der Waals surface area contributed by atoms with Crippen LogP contribution in [0.2, 0.25) is 0 Å². The highest BCUT2D eigenvalue weighted by Gasteiger charge is 2.58. The third-order valence-corrected chi connectivity index (χ3v) is 6.85. The van der Waals surface area contributed by atoms with Gasteiger partial charge in [0.1, 0.15) is 11.4 Å². The zero-order chi connectivity index (χ0) is 16.1. The summed E-state index contributed by atoms with van der Waals surface area (Å²) in [6.07, 6.45) is 0. The fraction of sp³-hybridized carbons (Fsp3) is 0.714. The number of halogens is 10. The van der Waals surface area contributed by atoms with Crippen LogP contribution in [0.3, 0.4) is 0 Å². The Balaban J connectivity index is 3.58. The molecule has 116 valence electrons. The van der Waals surface area contributed by atoms with Crippen LogP contribution in [0.25, 0.3) is 0 Å². The van der Waals surface area contributed by atoms with Crippen molar-refractivity contribution in [3.05, 3.63) is 11.4 Å². The Labute approximate surface area is 164 Å². The fourth-order valence-corrected chi connectivity index (χ4v) is 2.40. The predicted molar refractivity (Wildman–Crippen MR) is 88.4 cm³/mol. The Bertz CT molecular complexity index is 496. The van der Waals surface area contributed by atoms with Crippen molar-refractivity contribution in [2.75, 3.05) is 0 Å². The molecule has 0 N–H and O–H groups in total. The summed E-state index contributed by atoms with van der Waals surface area (Å²) in [6, 6.07) is 0. The largest absolute Gasteiger partial charge is 0.249 e. The lowest BCUT2D eigenvalue weighted by atomic mass is 10.2. The first kappa shape index (κ1) is 20.1. The van der Waals surface area contributed by atoms with Crippen molar-refractivity contribution < 1.29 is 0 Å². The van der Waals surface area contributed by atoms with E-state index in [-0.39, 0.29) is 11.4 Å². The van der Waals surface area contributed by atoms with E-state index in [9.17, 15) is 0 Å². The highest BCUT2D eigenvalue weighted by atomic mass is 35.6. The summed E-state index contributed by atoms with van der Waals surface area (Å²) in [7, 11) is 1.42. The van der Waals surface area contributed by atoms with Crippen molar-refractivity contribution in [2.45, 2.75) is 16.3 Å². The number of aromatic nitrogens is 3. The van der Waals surface area contributed by atoms with Crippen LogP contribution in [0.15, 0.2) is 0 Å². The van der Waals surface area contributed by atoms with Crippen molar-refractivity contribution in [1.29, 1.82) is 0 Å². The molecule has 0 saturated carbocycles. The van der Waals surface area contributed by atoms with E-state index in [4.69, 9.17) is 116 Å². The van der Waals surface area contributed by atoms with E-state index >= 15 is 0 Å². The van der Waals surface area contributed by atoms with Gasteiger partial charge in [0, 0.05) is 7.05 Å². The molecular weight excluding hydrogens is 481 g/mol. The first-order chi connectivity index (χ1) is 8.64. The Hall–Kier alpha value is 2.04. The molecule has 0 amide bonds. The molecule has 0 aliphatic carbocycles. The maximum absolute atomic E-state index is 6.07. The third-order valence-electron chi connectivity index (χ3n) is 2.13. The summed E-state index contributed by atoms with van der Waals surface area (Å²) < 4.78 is -7.45. The molecular formula is C7H3Cl10N3. The lowest BCUT2D eigenvalue weighted by Crippen LogP contribution is -2.36. The fourth-order valence-electron chi connectivity index (χ4n) is 1.19. The molecule has 0 fully saturated rings. The van der Waals surface area contributed by atoms with Crippen LogP contribution < -0.4 is 0 Å². The van der Waals surface area contributed by atoms with E-state index < -0.39 is 16.3 Å². The summed E-state index contributed by atoms with van der Waals surface area (Å²) in [5.74, 6) is 0. The summed E-state index contributed by atoms with van der Waals surface area (Å²) in [5, 5.41) is 7.34. The van der Waals surface area contributed by atoms with Crippen molar-refractivity contribution in [2.24, 2.45) is 7.05 Å². The SMILES string of the molecule is Cn1nnc(C(Cl)(Cl)C(Cl)(Cl)Cl)c1C(Cl)(Cl)C(Cl)(Cl)Cl. The first-order valence-electron chi connectivity index (χ1n) is 4.43. The van der Waals surface area contributed by atoms with Crippen molar-refractivity contribution in [3.63, 3.8) is 0 Å². The second kappa shape index (κ2) is 6.16. The van der Waals surface area contributed by atoms with Crippen LogP contribution in [0.5, 0.6) is 0 Å². The Morgan fingerprint density at radius 2 is 1.15 bits per heavy atom. The van der Waals surface area contributed by atoms with Gasteiger partial charge in [0.25, 0.3) is 0 Å². The van der Waals surface area contributed by atoms with Crippen LogP contribution in [0, 0.1) is 0 Å². The molecule has 0 aliphatic heterocycles. The van der Waals surface area contributed by atoms with Gasteiger partial charge in [-0.1, -0.05) is 121 Å². The molecule has 1 aromatic rings.